The summed E-state index contributed by atoms with van der Waals surface area (Å²) in [6.07, 6.45) is 4.35. The molecule has 1 saturated heterocycles. The first kappa shape index (κ1) is 17.0. The van der Waals surface area contributed by atoms with Gasteiger partial charge in [0, 0.05) is 25.4 Å². The van der Waals surface area contributed by atoms with Crippen molar-refractivity contribution in [2.24, 2.45) is 0 Å². The molecule has 130 valence electrons. The van der Waals surface area contributed by atoms with Gasteiger partial charge in [-0.2, -0.15) is 0 Å². The third kappa shape index (κ3) is 3.78. The topological polar surface area (TPSA) is 61.0 Å². The summed E-state index contributed by atoms with van der Waals surface area (Å²) >= 11 is 0. The van der Waals surface area contributed by atoms with Crippen molar-refractivity contribution < 1.29 is 4.79 Å². The van der Waals surface area contributed by atoms with Crippen LogP contribution in [0.3, 0.4) is 0 Å². The van der Waals surface area contributed by atoms with Crippen molar-refractivity contribution in [2.75, 3.05) is 19.6 Å². The summed E-state index contributed by atoms with van der Waals surface area (Å²) in [4.78, 5) is 22.9. The molecule has 5 nitrogen and oxygen atoms in total. The van der Waals surface area contributed by atoms with Crippen molar-refractivity contribution in [2.45, 2.75) is 52.0 Å². The Labute approximate surface area is 143 Å². The van der Waals surface area contributed by atoms with E-state index in [-0.39, 0.29) is 5.91 Å². The van der Waals surface area contributed by atoms with Gasteiger partial charge in [-0.15, -0.1) is 0 Å². The number of hydrogen-bond acceptors (Lipinski definition) is 3. The number of imidazole rings is 1. The van der Waals surface area contributed by atoms with Crippen molar-refractivity contribution in [3.8, 4) is 0 Å². The number of benzene rings is 1. The van der Waals surface area contributed by atoms with Gasteiger partial charge < -0.3 is 15.2 Å². The number of hydrogen-bond donors (Lipinski definition) is 2. The lowest BCUT2D eigenvalue weighted by atomic mass is 10.0. The van der Waals surface area contributed by atoms with Crippen LogP contribution in [0.25, 0.3) is 11.0 Å². The summed E-state index contributed by atoms with van der Waals surface area (Å²) in [5.41, 5.74) is 3.24. The number of nitrogens with one attached hydrogen (secondary N) is 2. The molecule has 2 heterocycles. The number of aromatic amines is 1. The Bertz CT molecular complexity index is 688. The van der Waals surface area contributed by atoms with Gasteiger partial charge in [-0.25, -0.2) is 4.98 Å². The summed E-state index contributed by atoms with van der Waals surface area (Å²) in [6, 6.07) is 6.54. The highest BCUT2D eigenvalue weighted by atomic mass is 16.2. The van der Waals surface area contributed by atoms with E-state index in [1.165, 1.54) is 5.56 Å². The zero-order chi connectivity index (χ0) is 16.9. The fourth-order valence-corrected chi connectivity index (χ4v) is 3.58. The molecule has 1 aliphatic rings. The van der Waals surface area contributed by atoms with Gasteiger partial charge in [-0.3, -0.25) is 4.79 Å². The molecule has 2 N–H and O–H groups in total. The molecule has 5 heteroatoms. The van der Waals surface area contributed by atoms with E-state index in [1.807, 2.05) is 12.1 Å². The van der Waals surface area contributed by atoms with E-state index >= 15 is 0 Å². The predicted molar refractivity (Wildman–Crippen MR) is 97.0 cm³/mol. The standard InChI is InChI=1S/C19H28N4O/c1-3-13-23(15-9-11-20-12-10-15)18(24)8-7-17-21-16-6-4-5-14(2)19(16)22-17/h4-6,15,20H,3,7-13H2,1-2H3,(H,21,22). The van der Waals surface area contributed by atoms with E-state index in [0.717, 1.165) is 55.8 Å². The molecule has 0 radical (unpaired) electrons. The largest absolute Gasteiger partial charge is 0.342 e. The van der Waals surface area contributed by atoms with Gasteiger partial charge in [0.15, 0.2) is 0 Å². The molecular weight excluding hydrogens is 300 g/mol. The first-order chi connectivity index (χ1) is 11.7. The van der Waals surface area contributed by atoms with Crippen LogP contribution in [0.4, 0.5) is 0 Å². The van der Waals surface area contributed by atoms with E-state index in [4.69, 9.17) is 0 Å². The number of piperidine rings is 1. The molecule has 1 fully saturated rings. The molecule has 0 spiro atoms. The molecule has 0 saturated carbocycles. The summed E-state index contributed by atoms with van der Waals surface area (Å²) in [5.74, 6) is 1.18. The van der Waals surface area contributed by atoms with Gasteiger partial charge in [-0.05, 0) is 50.9 Å². The molecule has 3 rings (SSSR count). The predicted octanol–water partition coefficient (Wildman–Crippen LogP) is 2.79. The Hall–Kier alpha value is -1.88. The van der Waals surface area contributed by atoms with Crippen LogP contribution in [0.5, 0.6) is 0 Å². The second-order valence-corrected chi connectivity index (χ2v) is 6.72. The van der Waals surface area contributed by atoms with Crippen LogP contribution in [0, 0.1) is 6.92 Å². The number of H-pyrrole nitrogens is 1. The number of fused-ring (bicyclic) bond motifs is 1. The molecule has 1 amide bonds. The number of nitrogens with zero attached hydrogens (tertiary/aromatic N) is 2. The Balaban J connectivity index is 1.64. The van der Waals surface area contributed by atoms with Crippen LogP contribution in [-0.4, -0.2) is 46.5 Å². The molecule has 24 heavy (non-hydrogen) atoms. The second-order valence-electron chi connectivity index (χ2n) is 6.72. The van der Waals surface area contributed by atoms with E-state index in [1.54, 1.807) is 0 Å². The zero-order valence-electron chi connectivity index (χ0n) is 14.8. The number of aryl methyl sites for hydroxylation is 2. The Morgan fingerprint density at radius 2 is 2.12 bits per heavy atom. The average Bonchev–Trinajstić information content (AvgIpc) is 3.03. The third-order valence-electron chi connectivity index (χ3n) is 4.87. The lowest BCUT2D eigenvalue weighted by molar-refractivity contribution is -0.134. The number of carbonyl (C=O) groups excluding carboxylic acids is 1. The van der Waals surface area contributed by atoms with Crippen molar-refractivity contribution >= 4 is 16.9 Å². The normalized spacial score (nSPS) is 15.8. The van der Waals surface area contributed by atoms with Gasteiger partial charge in [0.25, 0.3) is 0 Å². The number of rotatable bonds is 6. The number of para-hydroxylation sites is 1. The fraction of sp³-hybridized carbons (Fsp3) is 0.579. The molecule has 0 unspecified atom stereocenters. The van der Waals surface area contributed by atoms with Crippen molar-refractivity contribution in [3.05, 3.63) is 29.6 Å². The monoisotopic (exact) mass is 328 g/mol. The van der Waals surface area contributed by atoms with E-state index in [9.17, 15) is 4.79 Å². The molecule has 0 atom stereocenters. The van der Waals surface area contributed by atoms with Crippen molar-refractivity contribution in [1.29, 1.82) is 0 Å². The van der Waals surface area contributed by atoms with Crippen LogP contribution in [0.1, 0.15) is 44.0 Å². The molecule has 0 bridgehead atoms. The minimum absolute atomic E-state index is 0.265. The Morgan fingerprint density at radius 3 is 2.83 bits per heavy atom. The smallest absolute Gasteiger partial charge is 0.223 e. The minimum Gasteiger partial charge on any atom is -0.342 e. The van der Waals surface area contributed by atoms with Crippen LogP contribution >= 0.6 is 0 Å². The number of carbonyl (C=O) groups is 1. The van der Waals surface area contributed by atoms with Crippen molar-refractivity contribution in [3.63, 3.8) is 0 Å². The summed E-state index contributed by atoms with van der Waals surface area (Å²) in [6.45, 7) is 7.10. The van der Waals surface area contributed by atoms with Gasteiger partial charge in [0.05, 0.1) is 11.0 Å². The first-order valence-corrected chi connectivity index (χ1v) is 9.13. The Kier molecular flexibility index (Phi) is 5.51. The van der Waals surface area contributed by atoms with Crippen LogP contribution in [0.2, 0.25) is 0 Å². The maximum absolute atomic E-state index is 12.8. The summed E-state index contributed by atoms with van der Waals surface area (Å²) in [7, 11) is 0. The second kappa shape index (κ2) is 7.79. The number of amides is 1. The van der Waals surface area contributed by atoms with Crippen molar-refractivity contribution in [1.82, 2.24) is 20.2 Å². The van der Waals surface area contributed by atoms with E-state index < -0.39 is 0 Å². The lowest BCUT2D eigenvalue weighted by Gasteiger charge is -2.34. The highest BCUT2D eigenvalue weighted by molar-refractivity contribution is 5.79. The summed E-state index contributed by atoms with van der Waals surface area (Å²) < 4.78 is 0. The molecule has 2 aromatic rings. The molecule has 1 aliphatic heterocycles. The third-order valence-corrected chi connectivity index (χ3v) is 4.87. The summed E-state index contributed by atoms with van der Waals surface area (Å²) in [5, 5.41) is 3.38. The average molecular weight is 328 g/mol. The highest BCUT2D eigenvalue weighted by Gasteiger charge is 2.24. The van der Waals surface area contributed by atoms with Gasteiger partial charge >= 0.3 is 0 Å². The number of aromatic nitrogens is 2. The molecule has 0 aliphatic carbocycles. The zero-order valence-corrected chi connectivity index (χ0v) is 14.8. The van der Waals surface area contributed by atoms with Gasteiger partial charge in [0.1, 0.15) is 5.82 Å². The first-order valence-electron chi connectivity index (χ1n) is 9.13. The maximum Gasteiger partial charge on any atom is 0.223 e. The molecule has 1 aromatic heterocycles. The van der Waals surface area contributed by atoms with Crippen LogP contribution in [0.15, 0.2) is 18.2 Å². The fourth-order valence-electron chi connectivity index (χ4n) is 3.58. The van der Waals surface area contributed by atoms with E-state index in [2.05, 4.69) is 40.1 Å². The lowest BCUT2D eigenvalue weighted by Crippen LogP contribution is -2.46. The quantitative estimate of drug-likeness (QED) is 0.857. The SMILES string of the molecule is CCCN(C(=O)CCc1nc2c(C)cccc2[nH]1)C1CCNCC1. The van der Waals surface area contributed by atoms with Crippen LogP contribution in [-0.2, 0) is 11.2 Å². The van der Waals surface area contributed by atoms with Gasteiger partial charge in [-0.1, -0.05) is 19.1 Å². The Morgan fingerprint density at radius 1 is 1.33 bits per heavy atom. The van der Waals surface area contributed by atoms with Gasteiger partial charge in [0.2, 0.25) is 5.91 Å². The molecular formula is C19H28N4O. The molecule has 1 aromatic carbocycles. The minimum atomic E-state index is 0.265. The maximum atomic E-state index is 12.8. The van der Waals surface area contributed by atoms with Crippen LogP contribution < -0.4 is 5.32 Å². The highest BCUT2D eigenvalue weighted by Crippen LogP contribution is 2.18. The van der Waals surface area contributed by atoms with E-state index in [0.29, 0.717) is 18.9 Å².